The Labute approximate surface area is 132 Å². The summed E-state index contributed by atoms with van der Waals surface area (Å²) in [6, 6.07) is 5.30. The van der Waals surface area contributed by atoms with Gasteiger partial charge in [0.05, 0.1) is 6.04 Å². The molecule has 0 fully saturated rings. The van der Waals surface area contributed by atoms with Gasteiger partial charge in [0.2, 0.25) is 0 Å². The van der Waals surface area contributed by atoms with Crippen molar-refractivity contribution in [3.8, 4) is 5.75 Å². The predicted octanol–water partition coefficient (Wildman–Crippen LogP) is 2.54. The van der Waals surface area contributed by atoms with Crippen LogP contribution >= 0.6 is 0 Å². The minimum atomic E-state index is -2.93. The molecular formula is C15H18F2N4O2. The highest BCUT2D eigenvalue weighted by molar-refractivity contribution is 5.94. The van der Waals surface area contributed by atoms with Crippen LogP contribution in [-0.4, -0.2) is 27.3 Å². The van der Waals surface area contributed by atoms with Crippen molar-refractivity contribution < 1.29 is 18.3 Å². The highest BCUT2D eigenvalue weighted by Gasteiger charge is 2.23. The lowest BCUT2D eigenvalue weighted by molar-refractivity contribution is -0.0498. The van der Waals surface area contributed by atoms with Gasteiger partial charge in [0, 0.05) is 12.6 Å². The molecule has 0 bridgehead atoms. The normalized spacial score (nSPS) is 12.5. The lowest BCUT2D eigenvalue weighted by Gasteiger charge is -2.21. The van der Waals surface area contributed by atoms with E-state index in [4.69, 9.17) is 0 Å². The summed E-state index contributed by atoms with van der Waals surface area (Å²) in [4.78, 5) is 16.5. The molecule has 0 radical (unpaired) electrons. The Morgan fingerprint density at radius 1 is 1.35 bits per heavy atom. The molecule has 0 unspecified atom stereocenters. The Bertz CT molecular complexity index is 673. The van der Waals surface area contributed by atoms with Crippen LogP contribution in [0.3, 0.4) is 0 Å². The van der Waals surface area contributed by atoms with Gasteiger partial charge in [0.15, 0.2) is 0 Å². The molecule has 1 heterocycles. The maximum absolute atomic E-state index is 12.4. The predicted molar refractivity (Wildman–Crippen MR) is 79.1 cm³/mol. The minimum absolute atomic E-state index is 0.0626. The lowest BCUT2D eigenvalue weighted by Crippen LogP contribution is -2.33. The Hall–Kier alpha value is -2.51. The quantitative estimate of drug-likeness (QED) is 0.886. The number of halogens is 2. The van der Waals surface area contributed by atoms with Gasteiger partial charge < -0.3 is 10.1 Å². The van der Waals surface area contributed by atoms with Gasteiger partial charge in [-0.1, -0.05) is 19.9 Å². The van der Waals surface area contributed by atoms with E-state index in [-0.39, 0.29) is 23.3 Å². The average Bonchev–Trinajstić information content (AvgIpc) is 2.89. The lowest BCUT2D eigenvalue weighted by atomic mass is 10.0. The van der Waals surface area contributed by atoms with Crippen molar-refractivity contribution in [2.45, 2.75) is 26.5 Å². The van der Waals surface area contributed by atoms with E-state index >= 15 is 0 Å². The molecule has 2 rings (SSSR count). The van der Waals surface area contributed by atoms with Crippen molar-refractivity contribution in [2.75, 3.05) is 0 Å². The van der Waals surface area contributed by atoms with E-state index in [1.807, 2.05) is 13.8 Å². The van der Waals surface area contributed by atoms with Crippen LogP contribution in [0.1, 0.15) is 36.1 Å². The van der Waals surface area contributed by atoms with E-state index in [1.54, 1.807) is 11.7 Å². The maximum Gasteiger partial charge on any atom is 0.387 e. The summed E-state index contributed by atoms with van der Waals surface area (Å²) >= 11 is 0. The van der Waals surface area contributed by atoms with Gasteiger partial charge in [-0.25, -0.2) is 4.98 Å². The number of carbonyl (C=O) groups is 1. The molecule has 0 aliphatic heterocycles. The van der Waals surface area contributed by atoms with E-state index in [2.05, 4.69) is 20.1 Å². The van der Waals surface area contributed by atoms with Gasteiger partial charge in [-0.3, -0.25) is 9.48 Å². The third-order valence-electron chi connectivity index (χ3n) is 3.30. The highest BCUT2D eigenvalue weighted by atomic mass is 19.3. The molecule has 1 N–H and O–H groups in total. The molecule has 1 aromatic carbocycles. The second kappa shape index (κ2) is 7.17. The summed E-state index contributed by atoms with van der Waals surface area (Å²) in [6.07, 6.45) is 1.41. The SMILES string of the molecule is CC(C)[C@@H](NC(=O)c1cccc(OC(F)F)c1)c1ncnn1C. The molecule has 8 heteroatoms. The van der Waals surface area contributed by atoms with E-state index in [9.17, 15) is 13.6 Å². The summed E-state index contributed by atoms with van der Waals surface area (Å²) in [6.45, 7) is 0.946. The fourth-order valence-electron chi connectivity index (χ4n) is 2.15. The van der Waals surface area contributed by atoms with E-state index in [0.29, 0.717) is 5.82 Å². The van der Waals surface area contributed by atoms with Crippen molar-refractivity contribution >= 4 is 5.91 Å². The second-order valence-corrected chi connectivity index (χ2v) is 5.34. The van der Waals surface area contributed by atoms with Crippen LogP contribution in [0, 0.1) is 5.92 Å². The van der Waals surface area contributed by atoms with Gasteiger partial charge >= 0.3 is 6.61 Å². The average molecular weight is 324 g/mol. The number of amides is 1. The fraction of sp³-hybridized carbons (Fsp3) is 0.400. The monoisotopic (exact) mass is 324 g/mol. The first kappa shape index (κ1) is 16.9. The first-order valence-electron chi connectivity index (χ1n) is 7.08. The second-order valence-electron chi connectivity index (χ2n) is 5.34. The number of carbonyl (C=O) groups excluding carboxylic acids is 1. The molecule has 2 aromatic rings. The van der Waals surface area contributed by atoms with Crippen molar-refractivity contribution in [1.29, 1.82) is 0 Å². The van der Waals surface area contributed by atoms with Gasteiger partial charge in [0.25, 0.3) is 5.91 Å². The summed E-state index contributed by atoms with van der Waals surface area (Å²) in [5.74, 6) is 0.231. The zero-order chi connectivity index (χ0) is 17.0. The summed E-state index contributed by atoms with van der Waals surface area (Å²) in [7, 11) is 1.74. The standard InChI is InChI=1S/C15H18F2N4O2/c1-9(2)12(13-18-8-19-21(13)3)20-14(22)10-5-4-6-11(7-10)23-15(16)17/h4-9,12,15H,1-3H3,(H,20,22)/t12-/m1/s1. The molecule has 0 saturated carbocycles. The van der Waals surface area contributed by atoms with Crippen molar-refractivity contribution in [3.63, 3.8) is 0 Å². The topological polar surface area (TPSA) is 69.0 Å². The van der Waals surface area contributed by atoms with Gasteiger partial charge in [-0.05, 0) is 24.1 Å². The van der Waals surface area contributed by atoms with Crippen molar-refractivity contribution in [3.05, 3.63) is 42.0 Å². The number of nitrogens with one attached hydrogen (secondary N) is 1. The van der Waals surface area contributed by atoms with E-state index in [1.165, 1.54) is 30.6 Å². The molecule has 1 atom stereocenters. The maximum atomic E-state index is 12.4. The van der Waals surface area contributed by atoms with E-state index < -0.39 is 12.5 Å². The Balaban J connectivity index is 2.18. The van der Waals surface area contributed by atoms with Gasteiger partial charge in [0.1, 0.15) is 17.9 Å². The zero-order valence-electron chi connectivity index (χ0n) is 13.0. The Morgan fingerprint density at radius 2 is 2.09 bits per heavy atom. The fourth-order valence-corrected chi connectivity index (χ4v) is 2.15. The molecule has 0 aliphatic carbocycles. The Morgan fingerprint density at radius 3 is 2.65 bits per heavy atom. The number of hydrogen-bond donors (Lipinski definition) is 1. The first-order chi connectivity index (χ1) is 10.9. The number of aryl methyl sites for hydroxylation is 1. The smallest absolute Gasteiger partial charge is 0.387 e. The van der Waals surface area contributed by atoms with Crippen LogP contribution in [-0.2, 0) is 7.05 Å². The zero-order valence-corrected chi connectivity index (χ0v) is 13.0. The molecule has 6 nitrogen and oxygen atoms in total. The number of nitrogens with zero attached hydrogens (tertiary/aromatic N) is 3. The Kier molecular flexibility index (Phi) is 5.25. The minimum Gasteiger partial charge on any atom is -0.435 e. The molecule has 124 valence electrons. The number of aromatic nitrogens is 3. The summed E-state index contributed by atoms with van der Waals surface area (Å²) < 4.78 is 30.4. The van der Waals surface area contributed by atoms with Gasteiger partial charge in [-0.15, -0.1) is 0 Å². The van der Waals surface area contributed by atoms with Crippen molar-refractivity contribution in [2.24, 2.45) is 13.0 Å². The van der Waals surface area contributed by atoms with Crippen LogP contribution in [0.5, 0.6) is 5.75 Å². The molecule has 0 spiro atoms. The number of rotatable bonds is 6. The first-order valence-corrected chi connectivity index (χ1v) is 7.08. The molecule has 1 aromatic heterocycles. The molecule has 0 saturated heterocycles. The number of benzene rings is 1. The van der Waals surface area contributed by atoms with Crippen molar-refractivity contribution in [1.82, 2.24) is 20.1 Å². The van der Waals surface area contributed by atoms with Crippen LogP contribution in [0.15, 0.2) is 30.6 Å². The van der Waals surface area contributed by atoms with Crippen LogP contribution in [0.2, 0.25) is 0 Å². The summed E-state index contributed by atoms with van der Waals surface area (Å²) in [5.41, 5.74) is 0.232. The van der Waals surface area contributed by atoms with Crippen LogP contribution in [0.25, 0.3) is 0 Å². The van der Waals surface area contributed by atoms with E-state index in [0.717, 1.165) is 0 Å². The molecule has 1 amide bonds. The van der Waals surface area contributed by atoms with Gasteiger partial charge in [-0.2, -0.15) is 13.9 Å². The van der Waals surface area contributed by atoms with Crippen LogP contribution in [0.4, 0.5) is 8.78 Å². The largest absolute Gasteiger partial charge is 0.435 e. The third kappa shape index (κ3) is 4.24. The van der Waals surface area contributed by atoms with Crippen LogP contribution < -0.4 is 10.1 Å². The third-order valence-corrected chi connectivity index (χ3v) is 3.30. The molecular weight excluding hydrogens is 306 g/mol. The highest BCUT2D eigenvalue weighted by Crippen LogP contribution is 2.21. The number of hydrogen-bond acceptors (Lipinski definition) is 4. The number of ether oxygens (including phenoxy) is 1. The number of alkyl halides is 2. The molecule has 23 heavy (non-hydrogen) atoms. The molecule has 0 aliphatic rings. The summed E-state index contributed by atoms with van der Waals surface area (Å²) in [5, 5.41) is 6.85.